The molecular weight excluding hydrogens is 376 g/mol. The van der Waals surface area contributed by atoms with Crippen molar-refractivity contribution in [2.45, 2.75) is 13.5 Å². The van der Waals surface area contributed by atoms with Gasteiger partial charge in [0.2, 0.25) is 11.8 Å². The number of rotatable bonds is 11. The Labute approximate surface area is 170 Å². The van der Waals surface area contributed by atoms with Gasteiger partial charge < -0.3 is 20.1 Å². The van der Waals surface area contributed by atoms with E-state index in [1.807, 2.05) is 55.5 Å². The molecule has 2 amide bonds. The maximum atomic E-state index is 11.9. The lowest BCUT2D eigenvalue weighted by atomic mass is 10.2. The number of ether oxygens (including phenoxy) is 2. The monoisotopic (exact) mass is 402 g/mol. The maximum absolute atomic E-state index is 11.9. The van der Waals surface area contributed by atoms with Gasteiger partial charge in [0.25, 0.3) is 0 Å². The topological polar surface area (TPSA) is 76.7 Å². The highest BCUT2D eigenvalue weighted by Gasteiger charge is 2.06. The minimum absolute atomic E-state index is 0.103. The second-order valence-corrected chi connectivity index (χ2v) is 7.16. The predicted molar refractivity (Wildman–Crippen MR) is 113 cm³/mol. The molecule has 2 N–H and O–H groups in total. The first-order valence-corrected chi connectivity index (χ1v) is 10.1. The van der Waals surface area contributed by atoms with Crippen molar-refractivity contribution >= 4 is 29.3 Å². The molecule has 0 bridgehead atoms. The molecule has 150 valence electrons. The van der Waals surface area contributed by atoms with Crippen molar-refractivity contribution in [1.29, 1.82) is 0 Å². The fourth-order valence-corrected chi connectivity index (χ4v) is 3.00. The molecular formula is C21H26N2O4S. The summed E-state index contributed by atoms with van der Waals surface area (Å²) < 4.78 is 10.4. The Kier molecular flexibility index (Phi) is 9.37. The number of methoxy groups -OCH3 is 1. The van der Waals surface area contributed by atoms with Crippen LogP contribution in [-0.2, 0) is 20.9 Å². The number of thioether (sulfide) groups is 1. The first-order chi connectivity index (χ1) is 13.6. The van der Waals surface area contributed by atoms with Crippen LogP contribution in [0.1, 0.15) is 11.1 Å². The Balaban J connectivity index is 1.62. The molecule has 2 aromatic rings. The molecule has 0 atom stereocenters. The molecule has 28 heavy (non-hydrogen) atoms. The molecule has 2 rings (SSSR count). The number of amides is 2. The van der Waals surface area contributed by atoms with Gasteiger partial charge >= 0.3 is 0 Å². The average Bonchev–Trinajstić information content (AvgIpc) is 2.67. The Hall–Kier alpha value is -2.51. The maximum Gasteiger partial charge on any atom is 0.234 e. The van der Waals surface area contributed by atoms with Crippen molar-refractivity contribution in [1.82, 2.24) is 5.32 Å². The van der Waals surface area contributed by atoms with E-state index in [2.05, 4.69) is 10.6 Å². The van der Waals surface area contributed by atoms with Crippen molar-refractivity contribution in [2.75, 3.05) is 37.1 Å². The number of hydrogen-bond donors (Lipinski definition) is 2. The third-order valence-electron chi connectivity index (χ3n) is 3.74. The third kappa shape index (κ3) is 8.45. The van der Waals surface area contributed by atoms with Crippen molar-refractivity contribution < 1.29 is 19.1 Å². The molecule has 0 fully saturated rings. The summed E-state index contributed by atoms with van der Waals surface area (Å²) in [7, 11) is 1.63. The lowest BCUT2D eigenvalue weighted by Crippen LogP contribution is -2.25. The normalized spacial score (nSPS) is 10.4. The summed E-state index contributed by atoms with van der Waals surface area (Å²) in [5.74, 6) is 1.01. The number of benzene rings is 2. The standard InChI is InChI=1S/C21H26N2O4S/c1-16-4-3-5-18(12-16)23-21(25)15-28-14-20(24)22-13-17-6-8-19(9-7-17)27-11-10-26-2/h3-9,12H,10-11,13-15H2,1-2H3,(H,22,24)(H,23,25). The summed E-state index contributed by atoms with van der Waals surface area (Å²) in [6.07, 6.45) is 0. The number of nitrogens with one attached hydrogen (secondary N) is 2. The molecule has 0 radical (unpaired) electrons. The smallest absolute Gasteiger partial charge is 0.234 e. The fourth-order valence-electron chi connectivity index (χ4n) is 2.35. The summed E-state index contributed by atoms with van der Waals surface area (Å²) in [6, 6.07) is 15.2. The van der Waals surface area contributed by atoms with Gasteiger partial charge in [0.05, 0.1) is 18.1 Å². The molecule has 0 unspecified atom stereocenters. The Morgan fingerprint density at radius 2 is 1.75 bits per heavy atom. The highest BCUT2D eigenvalue weighted by atomic mass is 32.2. The van der Waals surface area contributed by atoms with E-state index in [1.165, 1.54) is 11.8 Å². The summed E-state index contributed by atoms with van der Waals surface area (Å²) in [5, 5.41) is 5.68. The van der Waals surface area contributed by atoms with Crippen LogP contribution in [0.4, 0.5) is 5.69 Å². The van der Waals surface area contributed by atoms with Gasteiger partial charge in [-0.3, -0.25) is 9.59 Å². The molecule has 2 aromatic carbocycles. The molecule has 0 saturated heterocycles. The van der Waals surface area contributed by atoms with E-state index in [0.29, 0.717) is 19.8 Å². The Bertz CT molecular complexity index is 765. The highest BCUT2D eigenvalue weighted by molar-refractivity contribution is 8.00. The molecule has 0 aliphatic rings. The van der Waals surface area contributed by atoms with E-state index in [4.69, 9.17) is 9.47 Å². The molecule has 7 heteroatoms. The van der Waals surface area contributed by atoms with Gasteiger partial charge in [-0.05, 0) is 42.3 Å². The van der Waals surface area contributed by atoms with Crippen LogP contribution in [-0.4, -0.2) is 43.6 Å². The third-order valence-corrected chi connectivity index (χ3v) is 4.67. The second-order valence-electron chi connectivity index (χ2n) is 6.17. The quantitative estimate of drug-likeness (QED) is 0.565. The van der Waals surface area contributed by atoms with Crippen LogP contribution >= 0.6 is 11.8 Å². The van der Waals surface area contributed by atoms with Crippen LogP contribution in [0, 0.1) is 6.92 Å². The van der Waals surface area contributed by atoms with Crippen molar-refractivity contribution in [2.24, 2.45) is 0 Å². The first kappa shape index (κ1) is 21.8. The summed E-state index contributed by atoms with van der Waals surface area (Å²) >= 11 is 1.29. The zero-order valence-electron chi connectivity index (χ0n) is 16.2. The number of anilines is 1. The number of carbonyl (C=O) groups is 2. The van der Waals surface area contributed by atoms with Gasteiger partial charge in [0.15, 0.2) is 0 Å². The molecule has 6 nitrogen and oxygen atoms in total. The van der Waals surface area contributed by atoms with Crippen LogP contribution in [0.25, 0.3) is 0 Å². The van der Waals surface area contributed by atoms with Gasteiger partial charge in [-0.1, -0.05) is 24.3 Å². The lowest BCUT2D eigenvalue weighted by Gasteiger charge is -2.08. The van der Waals surface area contributed by atoms with Crippen LogP contribution in [0.15, 0.2) is 48.5 Å². The van der Waals surface area contributed by atoms with Crippen LogP contribution < -0.4 is 15.4 Å². The van der Waals surface area contributed by atoms with Crippen molar-refractivity contribution in [3.8, 4) is 5.75 Å². The lowest BCUT2D eigenvalue weighted by molar-refractivity contribution is -0.118. The summed E-state index contributed by atoms with van der Waals surface area (Å²) in [6.45, 7) is 3.45. The number of aryl methyl sites for hydroxylation is 1. The molecule has 0 saturated carbocycles. The number of hydrogen-bond acceptors (Lipinski definition) is 5. The van der Waals surface area contributed by atoms with E-state index in [0.717, 1.165) is 22.6 Å². The first-order valence-electron chi connectivity index (χ1n) is 8.98. The van der Waals surface area contributed by atoms with E-state index in [1.54, 1.807) is 7.11 Å². The van der Waals surface area contributed by atoms with E-state index < -0.39 is 0 Å². The van der Waals surface area contributed by atoms with Crippen LogP contribution in [0.3, 0.4) is 0 Å². The predicted octanol–water partition coefficient (Wildman–Crippen LogP) is 3.01. The summed E-state index contributed by atoms with van der Waals surface area (Å²) in [5.41, 5.74) is 2.83. The summed E-state index contributed by atoms with van der Waals surface area (Å²) in [4.78, 5) is 23.9. The zero-order chi connectivity index (χ0) is 20.2. The Morgan fingerprint density at radius 1 is 1.00 bits per heavy atom. The molecule has 0 heterocycles. The molecule has 0 aliphatic heterocycles. The SMILES string of the molecule is COCCOc1ccc(CNC(=O)CSCC(=O)Nc2cccc(C)c2)cc1. The zero-order valence-corrected chi connectivity index (χ0v) is 17.0. The van der Waals surface area contributed by atoms with Gasteiger partial charge in [-0.2, -0.15) is 0 Å². The second kappa shape index (κ2) is 12.0. The van der Waals surface area contributed by atoms with Crippen LogP contribution in [0.2, 0.25) is 0 Å². The largest absolute Gasteiger partial charge is 0.491 e. The van der Waals surface area contributed by atoms with E-state index in [9.17, 15) is 9.59 Å². The Morgan fingerprint density at radius 3 is 2.46 bits per heavy atom. The fraction of sp³-hybridized carbons (Fsp3) is 0.333. The minimum Gasteiger partial charge on any atom is -0.491 e. The van der Waals surface area contributed by atoms with Gasteiger partial charge in [-0.15, -0.1) is 11.8 Å². The highest BCUT2D eigenvalue weighted by Crippen LogP contribution is 2.12. The van der Waals surface area contributed by atoms with Crippen molar-refractivity contribution in [3.05, 3.63) is 59.7 Å². The van der Waals surface area contributed by atoms with Gasteiger partial charge in [0.1, 0.15) is 12.4 Å². The van der Waals surface area contributed by atoms with Gasteiger partial charge in [-0.25, -0.2) is 0 Å². The number of carbonyl (C=O) groups excluding carboxylic acids is 2. The van der Waals surface area contributed by atoms with Crippen molar-refractivity contribution in [3.63, 3.8) is 0 Å². The minimum atomic E-state index is -0.118. The molecule has 0 spiro atoms. The molecule has 0 aromatic heterocycles. The molecule has 0 aliphatic carbocycles. The average molecular weight is 403 g/mol. The van der Waals surface area contributed by atoms with Gasteiger partial charge in [0, 0.05) is 19.3 Å². The van der Waals surface area contributed by atoms with E-state index in [-0.39, 0.29) is 23.3 Å². The van der Waals surface area contributed by atoms with E-state index >= 15 is 0 Å². The van der Waals surface area contributed by atoms with Crippen LogP contribution in [0.5, 0.6) is 5.75 Å².